The van der Waals surface area contributed by atoms with Gasteiger partial charge < -0.3 is 5.48 Å². The standard InChI is InChI=1S/C8H7NO.H2O/c1-7-3-2-4-8(5-7)9-6-10;/h2-5H,1H3;1H2. The number of nitrogens with zero attached hydrogens (tertiary/aromatic N) is 1. The van der Waals surface area contributed by atoms with Gasteiger partial charge in [0.1, 0.15) is 0 Å². The van der Waals surface area contributed by atoms with Gasteiger partial charge in [-0.25, -0.2) is 4.79 Å². The summed E-state index contributed by atoms with van der Waals surface area (Å²) in [4.78, 5) is 13.3. The molecule has 0 fully saturated rings. The zero-order chi connectivity index (χ0) is 7.40. The number of aryl methyl sites for hydroxylation is 1. The molecule has 58 valence electrons. The molecule has 0 saturated carbocycles. The molecule has 0 radical (unpaired) electrons. The third-order valence-corrected chi connectivity index (χ3v) is 1.18. The highest BCUT2D eigenvalue weighted by Gasteiger charge is 1.86. The summed E-state index contributed by atoms with van der Waals surface area (Å²) in [6, 6.07) is 7.39. The second-order valence-corrected chi connectivity index (χ2v) is 2.04. The van der Waals surface area contributed by atoms with Crippen LogP contribution in [-0.4, -0.2) is 11.6 Å². The molecule has 0 heterocycles. The lowest BCUT2D eigenvalue weighted by Crippen LogP contribution is -1.68. The van der Waals surface area contributed by atoms with Crippen LogP contribution in [0.5, 0.6) is 0 Å². The Labute approximate surface area is 64.7 Å². The number of isocyanates is 1. The Kier molecular flexibility index (Phi) is 3.81. The summed E-state index contributed by atoms with van der Waals surface area (Å²) in [5, 5.41) is 0. The van der Waals surface area contributed by atoms with E-state index in [0.717, 1.165) is 5.56 Å². The zero-order valence-corrected chi connectivity index (χ0v) is 6.16. The molecule has 0 bridgehead atoms. The Morgan fingerprint density at radius 3 is 2.73 bits per heavy atom. The number of rotatable bonds is 1. The van der Waals surface area contributed by atoms with Gasteiger partial charge in [0, 0.05) is 0 Å². The minimum Gasteiger partial charge on any atom is -0.412 e. The number of carbonyl (C=O) groups excluding carboxylic acids is 1. The highest BCUT2D eigenvalue weighted by molar-refractivity contribution is 5.49. The Bertz CT molecular complexity index is 277. The summed E-state index contributed by atoms with van der Waals surface area (Å²) in [6.07, 6.45) is 1.49. The molecule has 0 unspecified atom stereocenters. The molecule has 0 saturated heterocycles. The first kappa shape index (κ1) is 9.56. The monoisotopic (exact) mass is 151 g/mol. The molecule has 0 amide bonds. The number of aliphatic imine (C=N–C) groups is 1. The molecule has 11 heavy (non-hydrogen) atoms. The predicted molar refractivity (Wildman–Crippen MR) is 42.6 cm³/mol. The van der Waals surface area contributed by atoms with Crippen molar-refractivity contribution in [3.8, 4) is 0 Å². The highest BCUT2D eigenvalue weighted by Crippen LogP contribution is 2.11. The molecule has 1 aromatic rings. The summed E-state index contributed by atoms with van der Waals surface area (Å²) in [5.41, 5.74) is 1.76. The van der Waals surface area contributed by atoms with Gasteiger partial charge in [-0.3, -0.25) is 0 Å². The topological polar surface area (TPSA) is 60.9 Å². The Morgan fingerprint density at radius 1 is 1.45 bits per heavy atom. The first-order valence-electron chi connectivity index (χ1n) is 2.97. The van der Waals surface area contributed by atoms with E-state index in [1.54, 1.807) is 6.07 Å². The molecule has 3 nitrogen and oxygen atoms in total. The van der Waals surface area contributed by atoms with Gasteiger partial charge in [0.15, 0.2) is 0 Å². The van der Waals surface area contributed by atoms with E-state index in [1.165, 1.54) is 6.08 Å². The van der Waals surface area contributed by atoms with Crippen molar-refractivity contribution in [3.05, 3.63) is 29.8 Å². The first-order chi connectivity index (χ1) is 4.83. The lowest BCUT2D eigenvalue weighted by molar-refractivity contribution is 0.565. The minimum atomic E-state index is 0. The molecule has 0 aliphatic rings. The molecule has 0 atom stereocenters. The summed E-state index contributed by atoms with van der Waals surface area (Å²) in [6.45, 7) is 1.95. The summed E-state index contributed by atoms with van der Waals surface area (Å²) < 4.78 is 0. The number of benzene rings is 1. The van der Waals surface area contributed by atoms with Gasteiger partial charge in [-0.1, -0.05) is 12.1 Å². The average Bonchev–Trinajstić information content (AvgIpc) is 1.88. The molecule has 2 N–H and O–H groups in total. The van der Waals surface area contributed by atoms with Crippen molar-refractivity contribution in [2.45, 2.75) is 6.92 Å². The van der Waals surface area contributed by atoms with Crippen LogP contribution in [-0.2, 0) is 4.79 Å². The SMILES string of the molecule is Cc1cccc(N=C=O)c1.O. The Morgan fingerprint density at radius 2 is 2.18 bits per heavy atom. The van der Waals surface area contributed by atoms with Crippen LogP contribution in [0.4, 0.5) is 5.69 Å². The van der Waals surface area contributed by atoms with Gasteiger partial charge in [0.2, 0.25) is 6.08 Å². The van der Waals surface area contributed by atoms with Crippen molar-refractivity contribution in [3.63, 3.8) is 0 Å². The lowest BCUT2D eigenvalue weighted by Gasteiger charge is -1.90. The maximum Gasteiger partial charge on any atom is 0.240 e. The van der Waals surface area contributed by atoms with Crippen LogP contribution in [0.2, 0.25) is 0 Å². The van der Waals surface area contributed by atoms with E-state index in [1.807, 2.05) is 25.1 Å². The van der Waals surface area contributed by atoms with E-state index in [2.05, 4.69) is 4.99 Å². The smallest absolute Gasteiger partial charge is 0.240 e. The second kappa shape index (κ2) is 4.39. The van der Waals surface area contributed by atoms with Crippen LogP contribution in [0.15, 0.2) is 29.3 Å². The van der Waals surface area contributed by atoms with Gasteiger partial charge in [-0.15, -0.1) is 0 Å². The van der Waals surface area contributed by atoms with Gasteiger partial charge >= 0.3 is 0 Å². The van der Waals surface area contributed by atoms with Crippen LogP contribution >= 0.6 is 0 Å². The van der Waals surface area contributed by atoms with Crippen LogP contribution in [0.1, 0.15) is 5.56 Å². The number of hydrogen-bond donors (Lipinski definition) is 0. The number of hydrogen-bond acceptors (Lipinski definition) is 2. The fourth-order valence-corrected chi connectivity index (χ4v) is 0.750. The van der Waals surface area contributed by atoms with Crippen molar-refractivity contribution in [1.29, 1.82) is 0 Å². The maximum atomic E-state index is 9.79. The van der Waals surface area contributed by atoms with Crippen molar-refractivity contribution in [2.24, 2.45) is 4.99 Å². The molecular weight excluding hydrogens is 142 g/mol. The molecule has 0 spiro atoms. The summed E-state index contributed by atoms with van der Waals surface area (Å²) in [7, 11) is 0. The van der Waals surface area contributed by atoms with Gasteiger partial charge in [0.25, 0.3) is 0 Å². The molecule has 1 rings (SSSR count). The van der Waals surface area contributed by atoms with E-state index in [4.69, 9.17) is 0 Å². The van der Waals surface area contributed by atoms with E-state index in [9.17, 15) is 4.79 Å². The third-order valence-electron chi connectivity index (χ3n) is 1.18. The molecule has 1 aromatic carbocycles. The average molecular weight is 151 g/mol. The van der Waals surface area contributed by atoms with Crippen LogP contribution in [0, 0.1) is 6.92 Å². The molecule has 3 heteroatoms. The predicted octanol–water partition coefficient (Wildman–Crippen LogP) is 1.14. The molecule has 0 aromatic heterocycles. The quantitative estimate of drug-likeness (QED) is 0.438. The highest BCUT2D eigenvalue weighted by atomic mass is 16.1. The van der Waals surface area contributed by atoms with E-state index < -0.39 is 0 Å². The van der Waals surface area contributed by atoms with E-state index in [-0.39, 0.29) is 5.48 Å². The van der Waals surface area contributed by atoms with Crippen LogP contribution in [0.3, 0.4) is 0 Å². The normalized spacial score (nSPS) is 7.73. The van der Waals surface area contributed by atoms with Gasteiger partial charge in [-0.05, 0) is 24.6 Å². The van der Waals surface area contributed by atoms with Crippen molar-refractivity contribution in [1.82, 2.24) is 0 Å². The summed E-state index contributed by atoms with van der Waals surface area (Å²) in [5.74, 6) is 0. The van der Waals surface area contributed by atoms with E-state index in [0.29, 0.717) is 5.69 Å². The van der Waals surface area contributed by atoms with Crippen LogP contribution < -0.4 is 0 Å². The fourth-order valence-electron chi connectivity index (χ4n) is 0.750. The molecule has 0 aliphatic carbocycles. The van der Waals surface area contributed by atoms with Crippen molar-refractivity contribution in [2.75, 3.05) is 0 Å². The third kappa shape index (κ3) is 2.76. The van der Waals surface area contributed by atoms with Gasteiger partial charge in [-0.2, -0.15) is 4.99 Å². The van der Waals surface area contributed by atoms with Crippen molar-refractivity contribution >= 4 is 11.8 Å². The lowest BCUT2D eigenvalue weighted by atomic mass is 10.2. The van der Waals surface area contributed by atoms with Crippen molar-refractivity contribution < 1.29 is 10.3 Å². The minimum absolute atomic E-state index is 0. The Hall–Kier alpha value is -1.44. The largest absolute Gasteiger partial charge is 0.412 e. The molecule has 0 aliphatic heterocycles. The van der Waals surface area contributed by atoms with E-state index >= 15 is 0 Å². The zero-order valence-electron chi connectivity index (χ0n) is 6.16. The maximum absolute atomic E-state index is 9.79. The fraction of sp³-hybridized carbons (Fsp3) is 0.125. The van der Waals surface area contributed by atoms with Crippen LogP contribution in [0.25, 0.3) is 0 Å². The Balaban J connectivity index is 0.000001000. The van der Waals surface area contributed by atoms with Gasteiger partial charge in [0.05, 0.1) is 5.69 Å². The second-order valence-electron chi connectivity index (χ2n) is 2.04. The summed E-state index contributed by atoms with van der Waals surface area (Å²) >= 11 is 0. The first-order valence-corrected chi connectivity index (χ1v) is 2.97. The molecular formula is C8H9NO2.